The largest absolute Gasteiger partial charge is 0.496 e. The van der Waals surface area contributed by atoms with E-state index in [2.05, 4.69) is 15.9 Å². The molecule has 2 rings (SSSR count). The molecule has 0 heterocycles. The molecule has 20 heavy (non-hydrogen) atoms. The van der Waals surface area contributed by atoms with E-state index in [-0.39, 0.29) is 31.4 Å². The standard InChI is InChI=1S/C14H8BrCl2FO2/c1-20-12-6-11(18)9(15)5-8(12)14(19)7-3-2-4-10(16)13(7)17/h2-6H,1H3. The number of carbonyl (C=O) groups is 1. The van der Waals surface area contributed by atoms with Gasteiger partial charge in [0.2, 0.25) is 0 Å². The minimum Gasteiger partial charge on any atom is -0.496 e. The molecule has 0 aliphatic rings. The van der Waals surface area contributed by atoms with Crippen LogP contribution in [-0.4, -0.2) is 12.9 Å². The average Bonchev–Trinajstić information content (AvgIpc) is 2.43. The highest BCUT2D eigenvalue weighted by Gasteiger charge is 2.20. The Morgan fingerprint density at radius 2 is 1.95 bits per heavy atom. The van der Waals surface area contributed by atoms with Gasteiger partial charge in [0.15, 0.2) is 5.78 Å². The maximum absolute atomic E-state index is 13.5. The fraction of sp³-hybridized carbons (Fsp3) is 0.0714. The molecule has 104 valence electrons. The Labute approximate surface area is 133 Å². The molecule has 0 fully saturated rings. The quantitative estimate of drug-likeness (QED) is 0.692. The Bertz CT molecular complexity index is 689. The predicted octanol–water partition coefficient (Wildman–Crippen LogP) is 5.13. The highest BCUT2D eigenvalue weighted by atomic mass is 79.9. The summed E-state index contributed by atoms with van der Waals surface area (Å²) in [6, 6.07) is 7.24. The van der Waals surface area contributed by atoms with Crippen molar-refractivity contribution in [1.82, 2.24) is 0 Å². The Hall–Kier alpha value is -1.10. The maximum Gasteiger partial charge on any atom is 0.198 e. The zero-order valence-electron chi connectivity index (χ0n) is 10.2. The molecule has 0 aromatic heterocycles. The minimum atomic E-state index is -0.518. The molecule has 0 atom stereocenters. The summed E-state index contributed by atoms with van der Waals surface area (Å²) in [4.78, 5) is 12.5. The first-order chi connectivity index (χ1) is 9.45. The van der Waals surface area contributed by atoms with Gasteiger partial charge in [-0.3, -0.25) is 4.79 Å². The molecule has 0 amide bonds. The van der Waals surface area contributed by atoms with Gasteiger partial charge in [-0.15, -0.1) is 0 Å². The maximum atomic E-state index is 13.5. The molecule has 0 spiro atoms. The van der Waals surface area contributed by atoms with Gasteiger partial charge in [-0.1, -0.05) is 29.3 Å². The van der Waals surface area contributed by atoms with Crippen molar-refractivity contribution in [3.63, 3.8) is 0 Å². The third kappa shape index (κ3) is 2.82. The van der Waals surface area contributed by atoms with Crippen molar-refractivity contribution in [3.8, 4) is 5.75 Å². The second-order valence-electron chi connectivity index (χ2n) is 3.90. The number of ketones is 1. The Balaban J connectivity index is 2.59. The molecule has 0 aliphatic heterocycles. The first kappa shape index (κ1) is 15.3. The summed E-state index contributed by atoms with van der Waals surface area (Å²) >= 11 is 15.0. The van der Waals surface area contributed by atoms with E-state index in [0.29, 0.717) is 0 Å². The number of methoxy groups -OCH3 is 1. The number of ether oxygens (including phenoxy) is 1. The molecule has 2 aromatic carbocycles. The van der Waals surface area contributed by atoms with Crippen LogP contribution < -0.4 is 4.74 Å². The third-order valence-corrected chi connectivity index (χ3v) is 4.11. The van der Waals surface area contributed by atoms with Crippen LogP contribution in [0, 0.1) is 5.82 Å². The summed E-state index contributed by atoms with van der Waals surface area (Å²) in [5, 5.41) is 0.430. The van der Waals surface area contributed by atoms with Gasteiger partial charge in [-0.2, -0.15) is 0 Å². The Morgan fingerprint density at radius 1 is 1.25 bits per heavy atom. The van der Waals surface area contributed by atoms with Crippen LogP contribution in [0.3, 0.4) is 0 Å². The van der Waals surface area contributed by atoms with Crippen molar-refractivity contribution in [2.75, 3.05) is 7.11 Å². The van der Waals surface area contributed by atoms with Gasteiger partial charge in [-0.25, -0.2) is 4.39 Å². The van der Waals surface area contributed by atoms with E-state index in [4.69, 9.17) is 27.9 Å². The number of carbonyl (C=O) groups excluding carboxylic acids is 1. The smallest absolute Gasteiger partial charge is 0.198 e. The lowest BCUT2D eigenvalue weighted by Gasteiger charge is -2.10. The van der Waals surface area contributed by atoms with Crippen molar-refractivity contribution < 1.29 is 13.9 Å². The van der Waals surface area contributed by atoms with Gasteiger partial charge in [0.05, 0.1) is 27.2 Å². The first-order valence-electron chi connectivity index (χ1n) is 5.47. The molecule has 0 N–H and O–H groups in total. The number of halogens is 4. The van der Waals surface area contributed by atoms with E-state index in [1.54, 1.807) is 18.2 Å². The van der Waals surface area contributed by atoms with E-state index >= 15 is 0 Å². The predicted molar refractivity (Wildman–Crippen MR) is 80.5 cm³/mol. The van der Waals surface area contributed by atoms with Crippen molar-refractivity contribution in [2.45, 2.75) is 0 Å². The van der Waals surface area contributed by atoms with Crippen molar-refractivity contribution in [3.05, 3.63) is 61.8 Å². The fourth-order valence-electron chi connectivity index (χ4n) is 1.70. The molecule has 0 aliphatic carbocycles. The lowest BCUT2D eigenvalue weighted by molar-refractivity contribution is 0.103. The van der Waals surface area contributed by atoms with Crippen LogP contribution in [0.5, 0.6) is 5.75 Å². The van der Waals surface area contributed by atoms with Crippen LogP contribution in [0.15, 0.2) is 34.8 Å². The molecule has 0 radical (unpaired) electrons. The summed E-state index contributed by atoms with van der Waals surface area (Å²) in [5.74, 6) is -0.780. The zero-order valence-corrected chi connectivity index (χ0v) is 13.3. The van der Waals surface area contributed by atoms with Gasteiger partial charge in [0, 0.05) is 11.6 Å². The summed E-state index contributed by atoms with van der Waals surface area (Å²) in [6.07, 6.45) is 0. The Kier molecular flexibility index (Phi) is 4.68. The second kappa shape index (κ2) is 6.12. The molecule has 2 aromatic rings. The molecule has 0 unspecified atom stereocenters. The number of rotatable bonds is 3. The molecule has 0 bridgehead atoms. The highest BCUT2D eigenvalue weighted by Crippen LogP contribution is 2.32. The van der Waals surface area contributed by atoms with Crippen LogP contribution in [0.1, 0.15) is 15.9 Å². The lowest BCUT2D eigenvalue weighted by atomic mass is 10.0. The summed E-state index contributed by atoms with van der Waals surface area (Å²) in [5.41, 5.74) is 0.431. The van der Waals surface area contributed by atoms with E-state index in [9.17, 15) is 9.18 Å². The molecule has 0 saturated carbocycles. The summed E-state index contributed by atoms with van der Waals surface area (Å²) in [7, 11) is 1.36. The number of benzene rings is 2. The molecular formula is C14H8BrCl2FO2. The monoisotopic (exact) mass is 376 g/mol. The molecule has 0 saturated heterocycles. The van der Waals surface area contributed by atoms with E-state index in [0.717, 1.165) is 6.07 Å². The van der Waals surface area contributed by atoms with Crippen molar-refractivity contribution >= 4 is 44.9 Å². The van der Waals surface area contributed by atoms with E-state index < -0.39 is 11.6 Å². The van der Waals surface area contributed by atoms with Crippen LogP contribution in [-0.2, 0) is 0 Å². The lowest BCUT2D eigenvalue weighted by Crippen LogP contribution is -2.06. The third-order valence-electron chi connectivity index (χ3n) is 2.68. The average molecular weight is 378 g/mol. The van der Waals surface area contributed by atoms with Crippen LogP contribution in [0.4, 0.5) is 4.39 Å². The summed E-state index contributed by atoms with van der Waals surface area (Å²) < 4.78 is 18.7. The van der Waals surface area contributed by atoms with Crippen molar-refractivity contribution in [1.29, 1.82) is 0 Å². The van der Waals surface area contributed by atoms with Crippen molar-refractivity contribution in [2.24, 2.45) is 0 Å². The minimum absolute atomic E-state index is 0.131. The van der Waals surface area contributed by atoms with Gasteiger partial charge in [0.1, 0.15) is 11.6 Å². The van der Waals surface area contributed by atoms with Crippen LogP contribution in [0.2, 0.25) is 10.0 Å². The zero-order chi connectivity index (χ0) is 14.9. The number of hydrogen-bond acceptors (Lipinski definition) is 2. The molecule has 2 nitrogen and oxygen atoms in total. The van der Waals surface area contributed by atoms with Gasteiger partial charge in [-0.05, 0) is 34.1 Å². The van der Waals surface area contributed by atoms with Crippen LogP contribution in [0.25, 0.3) is 0 Å². The second-order valence-corrected chi connectivity index (χ2v) is 5.54. The van der Waals surface area contributed by atoms with Crippen LogP contribution >= 0.6 is 39.1 Å². The van der Waals surface area contributed by atoms with Gasteiger partial charge < -0.3 is 4.74 Å². The molecular weight excluding hydrogens is 370 g/mol. The normalized spacial score (nSPS) is 10.4. The van der Waals surface area contributed by atoms with Gasteiger partial charge >= 0.3 is 0 Å². The van der Waals surface area contributed by atoms with Gasteiger partial charge in [0.25, 0.3) is 0 Å². The highest BCUT2D eigenvalue weighted by molar-refractivity contribution is 9.10. The van der Waals surface area contributed by atoms with E-state index in [1.807, 2.05) is 0 Å². The Morgan fingerprint density at radius 3 is 2.60 bits per heavy atom. The number of hydrogen-bond donors (Lipinski definition) is 0. The first-order valence-corrected chi connectivity index (χ1v) is 7.02. The topological polar surface area (TPSA) is 26.3 Å². The summed E-state index contributed by atoms with van der Waals surface area (Å²) in [6.45, 7) is 0. The molecule has 6 heteroatoms. The SMILES string of the molecule is COc1cc(F)c(Br)cc1C(=O)c1cccc(Cl)c1Cl. The van der Waals surface area contributed by atoms with E-state index in [1.165, 1.54) is 13.2 Å². The fourth-order valence-corrected chi connectivity index (χ4v) is 2.43.